The lowest BCUT2D eigenvalue weighted by Crippen LogP contribution is -2.36. The van der Waals surface area contributed by atoms with E-state index >= 15 is 0 Å². The van der Waals surface area contributed by atoms with Crippen molar-refractivity contribution in [3.05, 3.63) is 46.4 Å². The van der Waals surface area contributed by atoms with Gasteiger partial charge in [-0.2, -0.15) is 0 Å². The average Bonchev–Trinajstić information content (AvgIpc) is 3.05. The fourth-order valence-corrected chi connectivity index (χ4v) is 2.31. The predicted molar refractivity (Wildman–Crippen MR) is 83.9 cm³/mol. The van der Waals surface area contributed by atoms with Crippen molar-refractivity contribution in [3.8, 4) is 5.75 Å². The summed E-state index contributed by atoms with van der Waals surface area (Å²) >= 11 is 1.50. The highest BCUT2D eigenvalue weighted by molar-refractivity contribution is 7.07. The number of hydrogen-bond donors (Lipinski definition) is 1. The van der Waals surface area contributed by atoms with Gasteiger partial charge in [-0.1, -0.05) is 6.07 Å². The first-order valence-electron chi connectivity index (χ1n) is 6.66. The molecule has 0 radical (unpaired) electrons. The van der Waals surface area contributed by atoms with Crippen LogP contribution in [-0.2, 0) is 11.4 Å². The van der Waals surface area contributed by atoms with Gasteiger partial charge in [0.2, 0.25) is 5.91 Å². The van der Waals surface area contributed by atoms with Crippen LogP contribution < -0.4 is 10.1 Å². The maximum atomic E-state index is 12.3. The topological polar surface area (TPSA) is 71.5 Å². The van der Waals surface area contributed by atoms with Crippen LogP contribution >= 0.6 is 11.3 Å². The summed E-state index contributed by atoms with van der Waals surface area (Å²) in [4.78, 5) is 29.1. The lowest BCUT2D eigenvalue weighted by molar-refractivity contribution is -0.121. The van der Waals surface area contributed by atoms with E-state index in [4.69, 9.17) is 4.74 Å². The molecule has 6 nitrogen and oxygen atoms in total. The number of nitrogens with one attached hydrogen (secondary N) is 1. The first kappa shape index (κ1) is 16.0. The van der Waals surface area contributed by atoms with Crippen LogP contribution in [-0.4, -0.2) is 42.3 Å². The molecule has 0 aliphatic heterocycles. The van der Waals surface area contributed by atoms with E-state index in [0.29, 0.717) is 17.9 Å². The van der Waals surface area contributed by atoms with Gasteiger partial charge in [0.1, 0.15) is 12.4 Å². The molecule has 0 unspecified atom stereocenters. The van der Waals surface area contributed by atoms with E-state index in [1.54, 1.807) is 36.8 Å². The molecule has 0 fully saturated rings. The largest absolute Gasteiger partial charge is 0.487 e. The van der Waals surface area contributed by atoms with Crippen LogP contribution in [0.1, 0.15) is 16.1 Å². The fraction of sp³-hybridized carbons (Fsp3) is 0.267. The molecule has 0 spiro atoms. The molecule has 0 aliphatic carbocycles. The molecule has 1 N–H and O–H groups in total. The van der Waals surface area contributed by atoms with Crippen LogP contribution in [0.4, 0.5) is 0 Å². The van der Waals surface area contributed by atoms with E-state index in [9.17, 15) is 9.59 Å². The summed E-state index contributed by atoms with van der Waals surface area (Å²) < 4.78 is 5.62. The van der Waals surface area contributed by atoms with E-state index in [1.807, 2.05) is 5.38 Å². The maximum absolute atomic E-state index is 12.3. The SMILES string of the molecule is CNC(=O)CN(C)C(=O)c1cccc(OCc2cscn2)c1. The molecule has 1 aromatic carbocycles. The molecule has 2 rings (SSSR count). The zero-order valence-corrected chi connectivity index (χ0v) is 13.2. The molecule has 0 saturated carbocycles. The number of carbonyl (C=O) groups excluding carboxylic acids is 2. The summed E-state index contributed by atoms with van der Waals surface area (Å²) in [5, 5.41) is 4.39. The second-order valence-corrected chi connectivity index (χ2v) is 5.35. The van der Waals surface area contributed by atoms with Crippen LogP contribution in [0.5, 0.6) is 5.75 Å². The van der Waals surface area contributed by atoms with E-state index in [1.165, 1.54) is 23.3 Å². The van der Waals surface area contributed by atoms with Gasteiger partial charge >= 0.3 is 0 Å². The summed E-state index contributed by atoms with van der Waals surface area (Å²) in [5.41, 5.74) is 3.06. The van der Waals surface area contributed by atoms with Crippen molar-refractivity contribution in [1.82, 2.24) is 15.2 Å². The van der Waals surface area contributed by atoms with Crippen molar-refractivity contribution in [1.29, 1.82) is 0 Å². The van der Waals surface area contributed by atoms with E-state index in [2.05, 4.69) is 10.3 Å². The lowest BCUT2D eigenvalue weighted by atomic mass is 10.2. The number of amides is 2. The van der Waals surface area contributed by atoms with Crippen LogP contribution in [0, 0.1) is 0 Å². The molecule has 7 heteroatoms. The second-order valence-electron chi connectivity index (χ2n) is 4.63. The third-order valence-electron chi connectivity index (χ3n) is 2.96. The van der Waals surface area contributed by atoms with Gasteiger partial charge in [0.05, 0.1) is 17.7 Å². The standard InChI is InChI=1S/C15H17N3O3S/c1-16-14(19)7-18(2)15(20)11-4-3-5-13(6-11)21-8-12-9-22-10-17-12/h3-6,9-10H,7-8H2,1-2H3,(H,16,19). The monoisotopic (exact) mass is 319 g/mol. The van der Waals surface area contributed by atoms with Crippen LogP contribution in [0.15, 0.2) is 35.2 Å². The number of aromatic nitrogens is 1. The minimum atomic E-state index is -0.234. The van der Waals surface area contributed by atoms with Gasteiger partial charge in [-0.15, -0.1) is 11.3 Å². The Morgan fingerprint density at radius 1 is 1.41 bits per heavy atom. The number of carbonyl (C=O) groups is 2. The van der Waals surface area contributed by atoms with Gasteiger partial charge < -0.3 is 15.0 Å². The fourth-order valence-electron chi connectivity index (χ4n) is 1.77. The normalized spacial score (nSPS) is 10.1. The molecule has 1 aromatic heterocycles. The highest BCUT2D eigenvalue weighted by atomic mass is 32.1. The quantitative estimate of drug-likeness (QED) is 0.877. The second kappa shape index (κ2) is 7.56. The molecular formula is C15H17N3O3S. The highest BCUT2D eigenvalue weighted by Crippen LogP contribution is 2.16. The summed E-state index contributed by atoms with van der Waals surface area (Å²) in [7, 11) is 3.12. The number of rotatable bonds is 6. The number of ether oxygens (including phenoxy) is 1. The first-order valence-corrected chi connectivity index (χ1v) is 7.60. The zero-order chi connectivity index (χ0) is 15.9. The Kier molecular flexibility index (Phi) is 5.48. The van der Waals surface area contributed by atoms with E-state index in [-0.39, 0.29) is 18.4 Å². The Morgan fingerprint density at radius 3 is 2.91 bits per heavy atom. The number of thiazole rings is 1. The average molecular weight is 319 g/mol. The molecule has 0 bridgehead atoms. The molecule has 0 aliphatic rings. The molecular weight excluding hydrogens is 302 g/mol. The van der Waals surface area contributed by atoms with Gasteiger partial charge in [-0.05, 0) is 18.2 Å². The first-order chi connectivity index (χ1) is 10.6. The smallest absolute Gasteiger partial charge is 0.254 e. The van der Waals surface area contributed by atoms with Crippen molar-refractivity contribution in [2.75, 3.05) is 20.6 Å². The summed E-state index contributed by atoms with van der Waals surface area (Å²) in [6.45, 7) is 0.370. The van der Waals surface area contributed by atoms with Crippen LogP contribution in [0.25, 0.3) is 0 Å². The molecule has 22 heavy (non-hydrogen) atoms. The Balaban J connectivity index is 2.00. The maximum Gasteiger partial charge on any atom is 0.254 e. The summed E-state index contributed by atoms with van der Waals surface area (Å²) in [6.07, 6.45) is 0. The third-order valence-corrected chi connectivity index (χ3v) is 3.59. The van der Waals surface area contributed by atoms with Gasteiger partial charge in [0.25, 0.3) is 5.91 Å². The minimum Gasteiger partial charge on any atom is -0.487 e. The van der Waals surface area contributed by atoms with Crippen molar-refractivity contribution >= 4 is 23.2 Å². The number of likely N-dealkylation sites (N-methyl/N-ethyl adjacent to an activating group) is 2. The van der Waals surface area contributed by atoms with Crippen molar-refractivity contribution in [3.63, 3.8) is 0 Å². The van der Waals surface area contributed by atoms with Gasteiger partial charge in [0.15, 0.2) is 0 Å². The Hall–Kier alpha value is -2.41. The predicted octanol–water partition coefficient (Wildman–Crippen LogP) is 1.54. The van der Waals surface area contributed by atoms with Crippen molar-refractivity contribution in [2.45, 2.75) is 6.61 Å². The molecule has 2 amide bonds. The molecule has 0 atom stereocenters. The summed E-state index contributed by atoms with van der Waals surface area (Å²) in [6, 6.07) is 6.88. The Labute approximate surface area is 132 Å². The molecule has 1 heterocycles. The molecule has 116 valence electrons. The Bertz CT molecular complexity index is 643. The number of benzene rings is 1. The van der Waals surface area contributed by atoms with Crippen molar-refractivity contribution < 1.29 is 14.3 Å². The lowest BCUT2D eigenvalue weighted by Gasteiger charge is -2.16. The minimum absolute atomic E-state index is 0.0131. The molecule has 2 aromatic rings. The number of hydrogen-bond acceptors (Lipinski definition) is 5. The number of nitrogens with zero attached hydrogens (tertiary/aromatic N) is 2. The van der Waals surface area contributed by atoms with Gasteiger partial charge in [-0.25, -0.2) is 4.98 Å². The van der Waals surface area contributed by atoms with Crippen LogP contribution in [0.3, 0.4) is 0 Å². The Morgan fingerprint density at radius 2 is 2.23 bits per heavy atom. The van der Waals surface area contributed by atoms with Crippen molar-refractivity contribution in [2.24, 2.45) is 0 Å². The highest BCUT2D eigenvalue weighted by Gasteiger charge is 2.14. The van der Waals surface area contributed by atoms with E-state index < -0.39 is 0 Å². The van der Waals surface area contributed by atoms with E-state index in [0.717, 1.165) is 5.69 Å². The third kappa shape index (κ3) is 4.29. The zero-order valence-electron chi connectivity index (χ0n) is 12.4. The van der Waals surface area contributed by atoms with Crippen LogP contribution in [0.2, 0.25) is 0 Å². The summed E-state index contributed by atoms with van der Waals surface area (Å²) in [5.74, 6) is 0.140. The van der Waals surface area contributed by atoms with Gasteiger partial charge in [0, 0.05) is 25.0 Å². The molecule has 0 saturated heterocycles. The van der Waals surface area contributed by atoms with Gasteiger partial charge in [-0.3, -0.25) is 9.59 Å².